The normalized spacial score (nSPS) is 17.6. The van der Waals surface area contributed by atoms with Crippen molar-refractivity contribution in [2.45, 2.75) is 25.8 Å². The van der Waals surface area contributed by atoms with Crippen molar-refractivity contribution in [3.8, 4) is 5.69 Å². The van der Waals surface area contributed by atoms with E-state index in [1.54, 1.807) is 10.9 Å². The molecule has 0 bridgehead atoms. The number of amides is 1. The quantitative estimate of drug-likeness (QED) is 0.910. The van der Waals surface area contributed by atoms with E-state index in [1.165, 1.54) is 0 Å². The van der Waals surface area contributed by atoms with Crippen molar-refractivity contribution in [2.24, 2.45) is 0 Å². The summed E-state index contributed by atoms with van der Waals surface area (Å²) < 4.78 is 1.80. The van der Waals surface area contributed by atoms with E-state index in [1.807, 2.05) is 37.3 Å². The fraction of sp³-hybridized carbons (Fsp3) is 0.375. The molecule has 2 aromatic rings. The Kier molecular flexibility index (Phi) is 5.57. The third-order valence-corrected chi connectivity index (χ3v) is 3.89. The maximum atomic E-state index is 12.4. The molecule has 0 spiro atoms. The molecule has 1 fully saturated rings. The molecule has 0 aliphatic carbocycles. The maximum absolute atomic E-state index is 12.4. The summed E-state index contributed by atoms with van der Waals surface area (Å²) >= 11 is 0. The van der Waals surface area contributed by atoms with E-state index in [2.05, 4.69) is 15.7 Å². The van der Waals surface area contributed by atoms with Gasteiger partial charge in [0.05, 0.1) is 23.1 Å². The van der Waals surface area contributed by atoms with Gasteiger partial charge in [0.1, 0.15) is 0 Å². The monoisotopic (exact) mass is 320 g/mol. The topological polar surface area (TPSA) is 59.0 Å². The molecule has 1 aliphatic heterocycles. The Bertz CT molecular complexity index is 620. The average molecular weight is 321 g/mol. The Morgan fingerprint density at radius 3 is 2.82 bits per heavy atom. The van der Waals surface area contributed by atoms with Crippen LogP contribution in [0.1, 0.15) is 28.9 Å². The lowest BCUT2D eigenvalue weighted by Gasteiger charge is -2.23. The van der Waals surface area contributed by atoms with E-state index in [0.717, 1.165) is 37.3 Å². The van der Waals surface area contributed by atoms with Crippen LogP contribution in [0.5, 0.6) is 0 Å². The van der Waals surface area contributed by atoms with Gasteiger partial charge in [-0.1, -0.05) is 18.2 Å². The minimum absolute atomic E-state index is 0. The highest BCUT2D eigenvalue weighted by molar-refractivity contribution is 5.95. The first-order valence-electron chi connectivity index (χ1n) is 7.37. The van der Waals surface area contributed by atoms with Gasteiger partial charge < -0.3 is 10.6 Å². The van der Waals surface area contributed by atoms with Crippen LogP contribution in [0.3, 0.4) is 0 Å². The fourth-order valence-corrected chi connectivity index (χ4v) is 2.70. The van der Waals surface area contributed by atoms with Crippen molar-refractivity contribution in [3.63, 3.8) is 0 Å². The van der Waals surface area contributed by atoms with Crippen LogP contribution < -0.4 is 10.6 Å². The van der Waals surface area contributed by atoms with Crippen LogP contribution in [0.15, 0.2) is 36.5 Å². The summed E-state index contributed by atoms with van der Waals surface area (Å²) in [4.78, 5) is 12.4. The summed E-state index contributed by atoms with van der Waals surface area (Å²) in [6.45, 7) is 3.81. The van der Waals surface area contributed by atoms with E-state index in [4.69, 9.17) is 0 Å². The summed E-state index contributed by atoms with van der Waals surface area (Å²) in [5.41, 5.74) is 2.47. The van der Waals surface area contributed by atoms with Crippen LogP contribution in [0.2, 0.25) is 0 Å². The van der Waals surface area contributed by atoms with Crippen molar-refractivity contribution in [2.75, 3.05) is 13.1 Å². The summed E-state index contributed by atoms with van der Waals surface area (Å²) in [5.74, 6) is -0.0385. The second kappa shape index (κ2) is 7.42. The molecule has 118 valence electrons. The number of piperidine rings is 1. The zero-order chi connectivity index (χ0) is 14.7. The lowest BCUT2D eigenvalue weighted by molar-refractivity contribution is 0.0930. The van der Waals surface area contributed by atoms with Gasteiger partial charge in [0.25, 0.3) is 5.91 Å². The lowest BCUT2D eigenvalue weighted by Crippen LogP contribution is -2.45. The average Bonchev–Trinajstić information content (AvgIpc) is 2.91. The van der Waals surface area contributed by atoms with Gasteiger partial charge in [-0.15, -0.1) is 12.4 Å². The van der Waals surface area contributed by atoms with Gasteiger partial charge in [-0.3, -0.25) is 4.79 Å². The number of para-hydroxylation sites is 1. The van der Waals surface area contributed by atoms with Crippen molar-refractivity contribution in [1.82, 2.24) is 20.4 Å². The molecule has 0 unspecified atom stereocenters. The number of hydrogen-bond acceptors (Lipinski definition) is 3. The molecule has 6 heteroatoms. The van der Waals surface area contributed by atoms with Gasteiger partial charge >= 0.3 is 0 Å². The van der Waals surface area contributed by atoms with Gasteiger partial charge in [0.15, 0.2) is 0 Å². The minimum Gasteiger partial charge on any atom is -0.348 e. The molecule has 1 aromatic heterocycles. The summed E-state index contributed by atoms with van der Waals surface area (Å²) in [6, 6.07) is 10.1. The van der Waals surface area contributed by atoms with Crippen LogP contribution >= 0.6 is 12.4 Å². The van der Waals surface area contributed by atoms with Crippen LogP contribution in [0.25, 0.3) is 5.69 Å². The molecule has 1 amide bonds. The predicted octanol–water partition coefficient (Wildman–Crippen LogP) is 2.08. The Morgan fingerprint density at radius 1 is 1.36 bits per heavy atom. The second-order valence-electron chi connectivity index (χ2n) is 5.41. The highest BCUT2D eigenvalue weighted by atomic mass is 35.5. The van der Waals surface area contributed by atoms with E-state index in [-0.39, 0.29) is 24.4 Å². The van der Waals surface area contributed by atoms with E-state index < -0.39 is 0 Å². The molecule has 1 aromatic carbocycles. The molecule has 3 rings (SSSR count). The number of hydrogen-bond donors (Lipinski definition) is 2. The van der Waals surface area contributed by atoms with Crippen LogP contribution in [-0.2, 0) is 0 Å². The summed E-state index contributed by atoms with van der Waals surface area (Å²) in [7, 11) is 0. The van der Waals surface area contributed by atoms with Gasteiger partial charge in [-0.2, -0.15) is 5.10 Å². The third kappa shape index (κ3) is 3.48. The summed E-state index contributed by atoms with van der Waals surface area (Å²) in [5, 5.41) is 10.7. The number of aromatic nitrogens is 2. The number of halogens is 1. The first kappa shape index (κ1) is 16.5. The molecule has 0 radical (unpaired) electrons. The molecule has 1 aliphatic rings. The van der Waals surface area contributed by atoms with Crippen LogP contribution in [-0.4, -0.2) is 34.8 Å². The van der Waals surface area contributed by atoms with Crippen molar-refractivity contribution >= 4 is 18.3 Å². The molecule has 2 N–H and O–H groups in total. The molecular formula is C16H21ClN4O. The van der Waals surface area contributed by atoms with E-state index in [9.17, 15) is 4.79 Å². The molecule has 0 saturated carbocycles. The fourth-order valence-electron chi connectivity index (χ4n) is 2.70. The van der Waals surface area contributed by atoms with E-state index >= 15 is 0 Å². The lowest BCUT2D eigenvalue weighted by atomic mass is 10.1. The van der Waals surface area contributed by atoms with Crippen molar-refractivity contribution in [3.05, 3.63) is 47.8 Å². The smallest absolute Gasteiger partial charge is 0.255 e. The molecular weight excluding hydrogens is 300 g/mol. The van der Waals surface area contributed by atoms with E-state index in [0.29, 0.717) is 5.56 Å². The van der Waals surface area contributed by atoms with Crippen LogP contribution in [0.4, 0.5) is 0 Å². The Hall–Kier alpha value is -1.85. The molecule has 5 nitrogen and oxygen atoms in total. The predicted molar refractivity (Wildman–Crippen MR) is 88.9 cm³/mol. The Labute approximate surface area is 136 Å². The highest BCUT2D eigenvalue weighted by Crippen LogP contribution is 2.14. The number of carbonyl (C=O) groups is 1. The Balaban J connectivity index is 0.00000176. The van der Waals surface area contributed by atoms with Crippen molar-refractivity contribution < 1.29 is 4.79 Å². The third-order valence-electron chi connectivity index (χ3n) is 3.89. The molecule has 1 saturated heterocycles. The van der Waals surface area contributed by atoms with Gasteiger partial charge in [-0.25, -0.2) is 4.68 Å². The van der Waals surface area contributed by atoms with Gasteiger partial charge in [-0.05, 0) is 38.4 Å². The first-order valence-corrected chi connectivity index (χ1v) is 7.37. The largest absolute Gasteiger partial charge is 0.348 e. The number of rotatable bonds is 3. The van der Waals surface area contributed by atoms with Crippen molar-refractivity contribution in [1.29, 1.82) is 0 Å². The zero-order valence-electron chi connectivity index (χ0n) is 12.6. The number of nitrogens with one attached hydrogen (secondary N) is 2. The minimum atomic E-state index is -0.0385. The number of benzene rings is 1. The van der Waals surface area contributed by atoms with Gasteiger partial charge in [0.2, 0.25) is 0 Å². The highest BCUT2D eigenvalue weighted by Gasteiger charge is 2.19. The number of nitrogens with zero attached hydrogens (tertiary/aromatic N) is 2. The Morgan fingerprint density at radius 2 is 2.14 bits per heavy atom. The second-order valence-corrected chi connectivity index (χ2v) is 5.41. The first-order chi connectivity index (χ1) is 10.3. The SMILES string of the molecule is Cc1c(C(=O)N[C@H]2CCCNC2)cnn1-c1ccccc1.Cl. The molecule has 1 atom stereocenters. The zero-order valence-corrected chi connectivity index (χ0v) is 13.4. The molecule has 2 heterocycles. The van der Waals surface area contributed by atoms with Gasteiger partial charge in [0, 0.05) is 12.6 Å². The van der Waals surface area contributed by atoms with Crippen LogP contribution in [0, 0.1) is 6.92 Å². The number of carbonyl (C=O) groups excluding carboxylic acids is 1. The molecule has 22 heavy (non-hydrogen) atoms. The summed E-state index contributed by atoms with van der Waals surface area (Å²) in [6.07, 6.45) is 3.78. The standard InChI is InChI=1S/C16H20N4O.ClH/c1-12-15(16(21)19-13-6-5-9-17-10-13)11-18-20(12)14-7-3-2-4-8-14;/h2-4,7-8,11,13,17H,5-6,9-10H2,1H3,(H,19,21);1H/t13-;/m0./s1. The maximum Gasteiger partial charge on any atom is 0.255 e.